The van der Waals surface area contributed by atoms with Crippen molar-refractivity contribution in [1.82, 2.24) is 4.57 Å². The zero-order valence-electron chi connectivity index (χ0n) is 13.0. The molecular weight excluding hydrogens is 304 g/mol. The van der Waals surface area contributed by atoms with E-state index in [0.29, 0.717) is 6.54 Å². The maximum Gasteiger partial charge on any atom is 0.335 e. The Bertz CT molecular complexity index is 867. The molecule has 5 nitrogen and oxygen atoms in total. The van der Waals surface area contributed by atoms with Crippen LogP contribution >= 0.6 is 0 Å². The number of benzene rings is 2. The number of nitrogens with two attached hydrogens (primary N) is 1. The first-order valence-corrected chi connectivity index (χ1v) is 7.57. The second-order valence-corrected chi connectivity index (χ2v) is 5.52. The third kappa shape index (κ3) is 3.08. The number of hydrogen-bond acceptors (Lipinski definition) is 3. The monoisotopic (exact) mass is 322 g/mol. The highest BCUT2D eigenvalue weighted by atomic mass is 16.4. The van der Waals surface area contributed by atoms with Crippen LogP contribution in [0.25, 0.3) is 16.8 Å². The molecule has 0 radical (unpaired) electrons. The molecule has 24 heavy (non-hydrogen) atoms. The zero-order valence-corrected chi connectivity index (χ0v) is 13.0. The molecule has 3 rings (SSSR count). The second-order valence-electron chi connectivity index (χ2n) is 5.52. The van der Waals surface area contributed by atoms with Gasteiger partial charge in [0.2, 0.25) is 0 Å². The summed E-state index contributed by atoms with van der Waals surface area (Å²) in [6.45, 7) is 0.377. The smallest absolute Gasteiger partial charge is 0.335 e. The fourth-order valence-corrected chi connectivity index (χ4v) is 2.68. The first-order valence-electron chi connectivity index (χ1n) is 7.57. The third-order valence-electron chi connectivity index (χ3n) is 3.96. The van der Waals surface area contributed by atoms with Crippen LogP contribution in [0, 0.1) is 0 Å². The largest absolute Gasteiger partial charge is 0.478 e. The van der Waals surface area contributed by atoms with E-state index in [1.807, 2.05) is 41.2 Å². The van der Waals surface area contributed by atoms with Gasteiger partial charge in [0.25, 0.3) is 0 Å². The van der Waals surface area contributed by atoms with E-state index in [2.05, 4.69) is 0 Å². The van der Waals surface area contributed by atoms with Crippen molar-refractivity contribution in [3.05, 3.63) is 77.6 Å². The van der Waals surface area contributed by atoms with Crippen LogP contribution in [-0.4, -0.2) is 20.7 Å². The molecule has 122 valence electrons. The molecule has 0 aliphatic heterocycles. The van der Waals surface area contributed by atoms with Gasteiger partial charge in [0, 0.05) is 30.2 Å². The normalized spacial score (nSPS) is 10.8. The van der Waals surface area contributed by atoms with E-state index in [0.717, 1.165) is 27.9 Å². The van der Waals surface area contributed by atoms with Gasteiger partial charge in [-0.3, -0.25) is 0 Å². The molecule has 0 aliphatic rings. The Balaban J connectivity index is 2.02. The minimum absolute atomic E-state index is 0.0108. The Morgan fingerprint density at radius 2 is 1.83 bits per heavy atom. The molecule has 0 spiro atoms. The molecule has 0 saturated heterocycles. The summed E-state index contributed by atoms with van der Waals surface area (Å²) in [5, 5.41) is 18.3. The van der Waals surface area contributed by atoms with Crippen LogP contribution in [0.2, 0.25) is 0 Å². The Morgan fingerprint density at radius 3 is 2.46 bits per heavy atom. The first kappa shape index (κ1) is 16.0. The van der Waals surface area contributed by atoms with E-state index >= 15 is 0 Å². The Labute approximate surface area is 139 Å². The highest BCUT2D eigenvalue weighted by Crippen LogP contribution is 2.27. The lowest BCUT2D eigenvalue weighted by Crippen LogP contribution is -1.98. The first-order chi connectivity index (χ1) is 11.6. The molecule has 0 unspecified atom stereocenters. The molecule has 0 bridgehead atoms. The van der Waals surface area contributed by atoms with E-state index in [4.69, 9.17) is 10.8 Å². The SMILES string of the molecule is NCc1cn(-c2ccc(C(=O)O)cc2)cc1-c1cccc(CO)c1. The van der Waals surface area contributed by atoms with Gasteiger partial charge < -0.3 is 20.5 Å². The van der Waals surface area contributed by atoms with Gasteiger partial charge in [-0.05, 0) is 47.0 Å². The topological polar surface area (TPSA) is 88.5 Å². The van der Waals surface area contributed by atoms with Gasteiger partial charge in [0.15, 0.2) is 0 Å². The highest BCUT2D eigenvalue weighted by Gasteiger charge is 2.10. The fourth-order valence-electron chi connectivity index (χ4n) is 2.68. The van der Waals surface area contributed by atoms with Gasteiger partial charge in [-0.25, -0.2) is 4.79 Å². The molecule has 5 heteroatoms. The van der Waals surface area contributed by atoms with Crippen LogP contribution < -0.4 is 5.73 Å². The molecule has 4 N–H and O–H groups in total. The summed E-state index contributed by atoms with van der Waals surface area (Å²) in [5.74, 6) is -0.946. The highest BCUT2D eigenvalue weighted by molar-refractivity contribution is 5.87. The predicted molar refractivity (Wildman–Crippen MR) is 92.0 cm³/mol. The van der Waals surface area contributed by atoms with Crippen LogP contribution in [0.3, 0.4) is 0 Å². The minimum Gasteiger partial charge on any atom is -0.478 e. The molecule has 1 heterocycles. The van der Waals surface area contributed by atoms with E-state index in [9.17, 15) is 9.90 Å². The zero-order chi connectivity index (χ0) is 17.1. The number of carboxylic acid groups (broad SMARTS) is 1. The molecule has 0 amide bonds. The number of hydrogen-bond donors (Lipinski definition) is 3. The number of carboxylic acids is 1. The van der Waals surface area contributed by atoms with Crippen LogP contribution in [0.4, 0.5) is 0 Å². The maximum atomic E-state index is 11.0. The number of aromatic carboxylic acids is 1. The van der Waals surface area contributed by atoms with Gasteiger partial charge in [-0.15, -0.1) is 0 Å². The average Bonchev–Trinajstić information content (AvgIpc) is 3.06. The maximum absolute atomic E-state index is 11.0. The van der Waals surface area contributed by atoms with E-state index in [1.54, 1.807) is 24.3 Å². The van der Waals surface area contributed by atoms with Gasteiger partial charge in [0.1, 0.15) is 0 Å². The van der Waals surface area contributed by atoms with Gasteiger partial charge in [-0.1, -0.05) is 18.2 Å². The summed E-state index contributed by atoms with van der Waals surface area (Å²) in [4.78, 5) is 11.0. The van der Waals surface area contributed by atoms with Crippen LogP contribution in [-0.2, 0) is 13.2 Å². The van der Waals surface area contributed by atoms with Crippen LogP contribution in [0.1, 0.15) is 21.5 Å². The van der Waals surface area contributed by atoms with E-state index in [1.165, 1.54) is 0 Å². The number of aliphatic hydroxyl groups is 1. The Morgan fingerprint density at radius 1 is 1.08 bits per heavy atom. The van der Waals surface area contributed by atoms with Crippen molar-refractivity contribution in [2.75, 3.05) is 0 Å². The quantitative estimate of drug-likeness (QED) is 0.674. The molecule has 2 aromatic carbocycles. The van der Waals surface area contributed by atoms with Crippen molar-refractivity contribution in [3.63, 3.8) is 0 Å². The Kier molecular flexibility index (Phi) is 4.46. The molecule has 1 aromatic heterocycles. The molecule has 0 aliphatic carbocycles. The lowest BCUT2D eigenvalue weighted by atomic mass is 10.0. The number of aromatic nitrogens is 1. The number of carbonyl (C=O) groups is 1. The molecule has 0 fully saturated rings. The fraction of sp³-hybridized carbons (Fsp3) is 0.105. The Hall–Kier alpha value is -2.89. The lowest BCUT2D eigenvalue weighted by Gasteiger charge is -2.04. The van der Waals surface area contributed by atoms with Crippen LogP contribution in [0.15, 0.2) is 60.9 Å². The van der Waals surface area contributed by atoms with Crippen molar-refractivity contribution in [2.24, 2.45) is 5.73 Å². The molecule has 0 atom stereocenters. The third-order valence-corrected chi connectivity index (χ3v) is 3.96. The summed E-state index contributed by atoms with van der Waals surface area (Å²) in [5.41, 5.74) is 10.8. The predicted octanol–water partition coefficient (Wildman–Crippen LogP) is 2.79. The average molecular weight is 322 g/mol. The van der Waals surface area contributed by atoms with Gasteiger partial charge in [0.05, 0.1) is 12.2 Å². The number of rotatable bonds is 5. The lowest BCUT2D eigenvalue weighted by molar-refractivity contribution is 0.0697. The van der Waals surface area contributed by atoms with Crippen molar-refractivity contribution >= 4 is 5.97 Å². The number of nitrogens with zero attached hydrogens (tertiary/aromatic N) is 1. The number of aliphatic hydroxyl groups excluding tert-OH is 1. The summed E-state index contributed by atoms with van der Waals surface area (Å²) >= 11 is 0. The molecule has 3 aromatic rings. The minimum atomic E-state index is -0.946. The van der Waals surface area contributed by atoms with Gasteiger partial charge >= 0.3 is 5.97 Å². The second kappa shape index (κ2) is 6.70. The van der Waals surface area contributed by atoms with Gasteiger partial charge in [-0.2, -0.15) is 0 Å². The van der Waals surface area contributed by atoms with Crippen LogP contribution in [0.5, 0.6) is 0 Å². The standard InChI is InChI=1S/C19H18N2O3/c20-9-16-10-21(17-6-4-14(5-7-17)19(23)24)11-18(16)15-3-1-2-13(8-15)12-22/h1-8,10-11,22H,9,12,20H2,(H,23,24). The van der Waals surface area contributed by atoms with E-state index in [-0.39, 0.29) is 12.2 Å². The summed E-state index contributed by atoms with van der Waals surface area (Å²) in [6, 6.07) is 14.4. The summed E-state index contributed by atoms with van der Waals surface area (Å²) in [7, 11) is 0. The van der Waals surface area contributed by atoms with Crippen molar-refractivity contribution in [3.8, 4) is 16.8 Å². The van der Waals surface area contributed by atoms with Crippen molar-refractivity contribution in [2.45, 2.75) is 13.2 Å². The summed E-state index contributed by atoms with van der Waals surface area (Å²) < 4.78 is 1.93. The summed E-state index contributed by atoms with van der Waals surface area (Å²) in [6.07, 6.45) is 3.91. The van der Waals surface area contributed by atoms with Crippen molar-refractivity contribution < 1.29 is 15.0 Å². The molecular formula is C19H18N2O3. The molecule has 0 saturated carbocycles. The van der Waals surface area contributed by atoms with Crippen molar-refractivity contribution in [1.29, 1.82) is 0 Å². The van der Waals surface area contributed by atoms with E-state index < -0.39 is 5.97 Å².